The van der Waals surface area contributed by atoms with Gasteiger partial charge in [0, 0.05) is 18.0 Å². The number of rotatable bonds is 2. The number of carbonyl (C=O) groups excluding carboxylic acids is 1. The van der Waals surface area contributed by atoms with Gasteiger partial charge in [0.05, 0.1) is 5.92 Å². The summed E-state index contributed by atoms with van der Waals surface area (Å²) >= 11 is 0. The van der Waals surface area contributed by atoms with E-state index >= 15 is 0 Å². The molecular weight excluding hydrogens is 230 g/mol. The molecule has 0 spiro atoms. The van der Waals surface area contributed by atoms with E-state index in [4.69, 9.17) is 0 Å². The number of carbonyl (C=O) groups is 2. The van der Waals surface area contributed by atoms with Crippen LogP contribution in [0.1, 0.15) is 52.9 Å². The number of amides is 1. The molecule has 2 fully saturated rings. The minimum atomic E-state index is -0.769. The van der Waals surface area contributed by atoms with Gasteiger partial charge in [-0.15, -0.1) is 0 Å². The Kier molecular flexibility index (Phi) is 3.39. The Morgan fingerprint density at radius 2 is 1.89 bits per heavy atom. The molecule has 3 atom stereocenters. The van der Waals surface area contributed by atoms with E-state index in [1.165, 1.54) is 0 Å². The van der Waals surface area contributed by atoms with Crippen LogP contribution < -0.4 is 0 Å². The summed E-state index contributed by atoms with van der Waals surface area (Å²) in [4.78, 5) is 25.6. The number of hydrogen-bond acceptors (Lipinski definition) is 2. The zero-order chi connectivity index (χ0) is 13.5. The molecule has 3 unspecified atom stereocenters. The molecule has 1 aliphatic heterocycles. The molecule has 0 radical (unpaired) electrons. The number of likely N-dealkylation sites (tertiary alicyclic amines) is 1. The van der Waals surface area contributed by atoms with Crippen LogP contribution in [0.25, 0.3) is 0 Å². The summed E-state index contributed by atoms with van der Waals surface area (Å²) < 4.78 is 0. The third-order valence-corrected chi connectivity index (χ3v) is 4.85. The maximum atomic E-state index is 12.3. The van der Waals surface area contributed by atoms with Gasteiger partial charge in [-0.1, -0.05) is 19.8 Å². The number of hydrogen-bond donors (Lipinski definition) is 1. The van der Waals surface area contributed by atoms with Crippen LogP contribution in [0.3, 0.4) is 0 Å². The summed E-state index contributed by atoms with van der Waals surface area (Å²) in [6.07, 6.45) is 4.66. The van der Waals surface area contributed by atoms with Crippen molar-refractivity contribution in [3.05, 3.63) is 0 Å². The van der Waals surface area contributed by atoms with Gasteiger partial charge in [0.25, 0.3) is 0 Å². The Bertz CT molecular complexity index is 360. The van der Waals surface area contributed by atoms with Crippen molar-refractivity contribution in [1.29, 1.82) is 0 Å². The van der Waals surface area contributed by atoms with Gasteiger partial charge in [-0.2, -0.15) is 0 Å². The maximum Gasteiger partial charge on any atom is 0.308 e. The highest BCUT2D eigenvalue weighted by Gasteiger charge is 2.49. The van der Waals surface area contributed by atoms with Gasteiger partial charge in [0.2, 0.25) is 5.91 Å². The molecular formula is C14H23NO3. The number of carboxylic acids is 1. The second kappa shape index (κ2) is 4.56. The fraction of sp³-hybridized carbons (Fsp3) is 0.857. The molecule has 0 aromatic rings. The Morgan fingerprint density at radius 3 is 2.39 bits per heavy atom. The van der Waals surface area contributed by atoms with Crippen LogP contribution >= 0.6 is 0 Å². The van der Waals surface area contributed by atoms with Crippen LogP contribution in [0.4, 0.5) is 0 Å². The maximum absolute atomic E-state index is 12.3. The third-order valence-electron chi connectivity index (χ3n) is 4.85. The number of piperidine rings is 1. The molecule has 1 saturated carbocycles. The normalized spacial score (nSPS) is 35.8. The highest BCUT2D eigenvalue weighted by molar-refractivity contribution is 5.82. The van der Waals surface area contributed by atoms with E-state index in [0.29, 0.717) is 6.42 Å². The Balaban J connectivity index is 2.28. The van der Waals surface area contributed by atoms with Gasteiger partial charge in [0.1, 0.15) is 0 Å². The van der Waals surface area contributed by atoms with Crippen LogP contribution in [-0.4, -0.2) is 33.5 Å². The summed E-state index contributed by atoms with van der Waals surface area (Å²) in [6, 6.07) is -0.193. The van der Waals surface area contributed by atoms with Crippen molar-refractivity contribution >= 4 is 11.9 Å². The SMILES string of the molecule is CC1CC(=O)N(C2(C)CCCC2)C(C)C1C(=O)O. The average molecular weight is 253 g/mol. The lowest BCUT2D eigenvalue weighted by Gasteiger charge is -2.49. The molecule has 1 heterocycles. The van der Waals surface area contributed by atoms with Crippen molar-refractivity contribution in [1.82, 2.24) is 4.90 Å². The number of nitrogens with zero attached hydrogens (tertiary/aromatic N) is 1. The summed E-state index contributed by atoms with van der Waals surface area (Å²) in [6.45, 7) is 5.89. The summed E-state index contributed by atoms with van der Waals surface area (Å²) in [7, 11) is 0. The van der Waals surface area contributed by atoms with Crippen molar-refractivity contribution in [2.45, 2.75) is 64.5 Å². The lowest BCUT2D eigenvalue weighted by atomic mass is 9.78. The van der Waals surface area contributed by atoms with Crippen LogP contribution in [-0.2, 0) is 9.59 Å². The van der Waals surface area contributed by atoms with E-state index in [9.17, 15) is 14.7 Å². The molecule has 102 valence electrons. The van der Waals surface area contributed by atoms with Crippen molar-refractivity contribution < 1.29 is 14.7 Å². The Hall–Kier alpha value is -1.06. The highest BCUT2D eigenvalue weighted by atomic mass is 16.4. The van der Waals surface area contributed by atoms with Gasteiger partial charge in [-0.25, -0.2) is 0 Å². The van der Waals surface area contributed by atoms with E-state index in [0.717, 1.165) is 25.7 Å². The van der Waals surface area contributed by atoms with Crippen LogP contribution in [0.2, 0.25) is 0 Å². The monoisotopic (exact) mass is 253 g/mol. The Labute approximate surface area is 108 Å². The highest BCUT2D eigenvalue weighted by Crippen LogP contribution is 2.41. The third kappa shape index (κ3) is 2.02. The van der Waals surface area contributed by atoms with Crippen LogP contribution in [0, 0.1) is 11.8 Å². The van der Waals surface area contributed by atoms with E-state index in [1.54, 1.807) is 0 Å². The first-order valence-electron chi connectivity index (χ1n) is 6.92. The van der Waals surface area contributed by atoms with Crippen molar-refractivity contribution in [3.8, 4) is 0 Å². The first kappa shape index (κ1) is 13.4. The fourth-order valence-electron chi connectivity index (χ4n) is 3.98. The molecule has 4 heteroatoms. The molecule has 2 rings (SSSR count). The smallest absolute Gasteiger partial charge is 0.308 e. The standard InChI is InChI=1S/C14H23NO3/c1-9-8-11(16)15(10(2)12(9)13(17)18)14(3)6-4-5-7-14/h9-10,12H,4-8H2,1-3H3,(H,17,18). The fourth-order valence-corrected chi connectivity index (χ4v) is 3.98. The lowest BCUT2D eigenvalue weighted by molar-refractivity contribution is -0.160. The van der Waals surface area contributed by atoms with Gasteiger partial charge >= 0.3 is 5.97 Å². The molecule has 1 N–H and O–H groups in total. The summed E-state index contributed by atoms with van der Waals surface area (Å²) in [5, 5.41) is 9.37. The molecule has 0 aromatic heterocycles. The molecule has 18 heavy (non-hydrogen) atoms. The van der Waals surface area contributed by atoms with Crippen molar-refractivity contribution in [2.24, 2.45) is 11.8 Å². The van der Waals surface area contributed by atoms with Crippen LogP contribution in [0.15, 0.2) is 0 Å². The molecule has 4 nitrogen and oxygen atoms in total. The molecule has 0 bridgehead atoms. The van der Waals surface area contributed by atoms with Crippen molar-refractivity contribution in [3.63, 3.8) is 0 Å². The second-order valence-electron chi connectivity index (χ2n) is 6.25. The quantitative estimate of drug-likeness (QED) is 0.821. The first-order chi connectivity index (χ1) is 8.37. The van der Waals surface area contributed by atoms with Gasteiger partial charge < -0.3 is 10.0 Å². The minimum Gasteiger partial charge on any atom is -0.481 e. The van der Waals surface area contributed by atoms with E-state index in [1.807, 2.05) is 18.7 Å². The van der Waals surface area contributed by atoms with Crippen molar-refractivity contribution in [2.75, 3.05) is 0 Å². The van der Waals surface area contributed by atoms with Gasteiger partial charge in [-0.05, 0) is 32.6 Å². The topological polar surface area (TPSA) is 57.6 Å². The molecule has 1 amide bonds. The first-order valence-corrected chi connectivity index (χ1v) is 6.92. The lowest BCUT2D eigenvalue weighted by Crippen LogP contribution is -2.60. The Morgan fingerprint density at radius 1 is 1.33 bits per heavy atom. The van der Waals surface area contributed by atoms with E-state index < -0.39 is 11.9 Å². The molecule has 1 saturated heterocycles. The average Bonchev–Trinajstić information content (AvgIpc) is 2.63. The largest absolute Gasteiger partial charge is 0.481 e. The molecule has 1 aliphatic carbocycles. The molecule has 0 aromatic carbocycles. The predicted octanol–water partition coefficient (Wildman–Crippen LogP) is 2.28. The molecule has 2 aliphatic rings. The minimum absolute atomic E-state index is 0.0637. The van der Waals surface area contributed by atoms with Gasteiger partial charge in [0.15, 0.2) is 0 Å². The predicted molar refractivity (Wildman–Crippen MR) is 68.1 cm³/mol. The summed E-state index contributed by atoms with van der Waals surface area (Å²) in [5.74, 6) is -1.13. The zero-order valence-electron chi connectivity index (χ0n) is 11.5. The van der Waals surface area contributed by atoms with Gasteiger partial charge in [-0.3, -0.25) is 9.59 Å². The van der Waals surface area contributed by atoms with E-state index in [-0.39, 0.29) is 23.4 Å². The van der Waals surface area contributed by atoms with Crippen LogP contribution in [0.5, 0.6) is 0 Å². The summed E-state index contributed by atoms with van der Waals surface area (Å²) in [5.41, 5.74) is -0.121. The second-order valence-corrected chi connectivity index (χ2v) is 6.25. The number of aliphatic carboxylic acids is 1. The zero-order valence-corrected chi connectivity index (χ0v) is 11.5. The van der Waals surface area contributed by atoms with E-state index in [2.05, 4.69) is 6.92 Å². The number of carboxylic acid groups (broad SMARTS) is 1.